The van der Waals surface area contributed by atoms with Crippen LogP contribution in [0.4, 0.5) is 18.9 Å². The molecule has 0 amide bonds. The van der Waals surface area contributed by atoms with Crippen LogP contribution in [0.2, 0.25) is 0 Å². The Balaban J connectivity index is 1.52. The van der Waals surface area contributed by atoms with E-state index < -0.39 is 21.8 Å². The monoisotopic (exact) mass is 525 g/mol. The lowest BCUT2D eigenvalue weighted by molar-refractivity contribution is -0.137. The number of hydrogen-bond acceptors (Lipinski definition) is 6. The molecule has 37 heavy (non-hydrogen) atoms. The van der Waals surface area contributed by atoms with Crippen molar-refractivity contribution in [2.75, 3.05) is 4.72 Å². The number of sulfonamides is 1. The zero-order valence-electron chi connectivity index (χ0n) is 19.1. The Labute approximate surface area is 208 Å². The molecule has 0 saturated heterocycles. The lowest BCUT2D eigenvalue weighted by Crippen LogP contribution is -2.16. The minimum atomic E-state index is -4.46. The number of anilines is 1. The predicted molar refractivity (Wildman–Crippen MR) is 131 cm³/mol. The van der Waals surface area contributed by atoms with Crippen molar-refractivity contribution in [3.05, 3.63) is 84.7 Å². The fourth-order valence-electron chi connectivity index (χ4n) is 3.78. The molecule has 2 N–H and O–H groups in total. The third-order valence-corrected chi connectivity index (χ3v) is 6.97. The van der Waals surface area contributed by atoms with E-state index in [4.69, 9.17) is 5.41 Å². The molecule has 0 aliphatic heterocycles. The van der Waals surface area contributed by atoms with Crippen LogP contribution in [0.3, 0.4) is 0 Å². The Morgan fingerprint density at radius 3 is 2.30 bits per heavy atom. The van der Waals surface area contributed by atoms with Gasteiger partial charge in [-0.25, -0.2) is 4.98 Å². The summed E-state index contributed by atoms with van der Waals surface area (Å²) >= 11 is 0. The summed E-state index contributed by atoms with van der Waals surface area (Å²) in [6, 6.07) is 9.34. The molecule has 1 aromatic carbocycles. The lowest BCUT2D eigenvalue weighted by atomic mass is 10.1. The molecule has 0 atom stereocenters. The maximum Gasteiger partial charge on any atom is 0.416 e. The first-order valence-electron chi connectivity index (χ1n) is 10.7. The number of rotatable bonds is 6. The molecule has 0 bridgehead atoms. The van der Waals surface area contributed by atoms with E-state index in [1.54, 1.807) is 42.3 Å². The number of hydrogen-bond donors (Lipinski definition) is 2. The van der Waals surface area contributed by atoms with Crippen molar-refractivity contribution < 1.29 is 21.6 Å². The van der Waals surface area contributed by atoms with Crippen LogP contribution in [0.15, 0.2) is 78.5 Å². The maximum atomic E-state index is 13.4. The van der Waals surface area contributed by atoms with Gasteiger partial charge in [-0.05, 0) is 41.5 Å². The zero-order chi connectivity index (χ0) is 26.4. The predicted octanol–water partition coefficient (Wildman–Crippen LogP) is 4.61. The average Bonchev–Trinajstić information content (AvgIpc) is 3.49. The molecular weight excluding hydrogens is 507 g/mol. The number of aryl methyl sites for hydroxylation is 1. The van der Waals surface area contributed by atoms with Gasteiger partial charge in [0.1, 0.15) is 11.3 Å². The van der Waals surface area contributed by atoms with Gasteiger partial charge in [0.2, 0.25) is 0 Å². The summed E-state index contributed by atoms with van der Waals surface area (Å²) < 4.78 is 70.9. The highest BCUT2D eigenvalue weighted by Crippen LogP contribution is 2.31. The first-order chi connectivity index (χ1) is 17.5. The number of benzene rings is 1. The van der Waals surface area contributed by atoms with E-state index in [9.17, 15) is 21.6 Å². The Kier molecular flexibility index (Phi) is 5.79. The highest BCUT2D eigenvalue weighted by atomic mass is 32.2. The van der Waals surface area contributed by atoms with Gasteiger partial charge in [0.25, 0.3) is 10.0 Å². The normalized spacial score (nSPS) is 12.1. The Morgan fingerprint density at radius 1 is 0.919 bits per heavy atom. The summed E-state index contributed by atoms with van der Waals surface area (Å²) in [7, 11) is -2.46. The largest absolute Gasteiger partial charge is 0.416 e. The van der Waals surface area contributed by atoms with Gasteiger partial charge in [-0.1, -0.05) is 12.1 Å². The van der Waals surface area contributed by atoms with E-state index in [2.05, 4.69) is 19.8 Å². The molecule has 0 radical (unpaired) electrons. The molecule has 0 unspecified atom stereocenters. The average molecular weight is 526 g/mol. The Bertz CT molecular complexity index is 1740. The Hall–Kier alpha value is -4.52. The van der Waals surface area contributed by atoms with Crippen molar-refractivity contribution in [3.63, 3.8) is 0 Å². The van der Waals surface area contributed by atoms with Gasteiger partial charge in [0.05, 0.1) is 23.6 Å². The van der Waals surface area contributed by atoms with Crippen LogP contribution in [0.25, 0.3) is 27.9 Å². The topological polar surface area (TPSA) is 118 Å². The van der Waals surface area contributed by atoms with E-state index in [1.807, 2.05) is 0 Å². The van der Waals surface area contributed by atoms with Crippen molar-refractivity contribution in [2.24, 2.45) is 7.05 Å². The van der Waals surface area contributed by atoms with Gasteiger partial charge in [-0.15, -0.1) is 0 Å². The molecule has 5 aromatic rings. The van der Waals surface area contributed by atoms with Crippen LogP contribution in [0.1, 0.15) is 11.3 Å². The van der Waals surface area contributed by atoms with Crippen LogP contribution >= 0.6 is 0 Å². The lowest BCUT2D eigenvalue weighted by Gasteiger charge is -2.12. The summed E-state index contributed by atoms with van der Waals surface area (Å²) in [6.07, 6.45) is 4.00. The molecule has 9 nitrogen and oxygen atoms in total. The molecule has 0 fully saturated rings. The zero-order valence-corrected chi connectivity index (χ0v) is 19.9. The quantitative estimate of drug-likeness (QED) is 0.314. The first kappa shape index (κ1) is 24.2. The van der Waals surface area contributed by atoms with Gasteiger partial charge in [0.15, 0.2) is 5.03 Å². The molecule has 4 heterocycles. The molecule has 13 heteroatoms. The number of aromatic nitrogens is 5. The van der Waals surface area contributed by atoms with Gasteiger partial charge in [-0.2, -0.15) is 26.7 Å². The molecule has 0 spiro atoms. The van der Waals surface area contributed by atoms with Crippen molar-refractivity contribution >= 4 is 27.6 Å². The second-order valence-corrected chi connectivity index (χ2v) is 9.76. The van der Waals surface area contributed by atoms with Crippen LogP contribution < -0.4 is 4.72 Å². The molecule has 188 valence electrons. The van der Waals surface area contributed by atoms with Crippen LogP contribution in [0.5, 0.6) is 0 Å². The third-order valence-electron chi connectivity index (χ3n) is 5.63. The molecule has 0 aliphatic carbocycles. The number of fused-ring (bicyclic) bond motifs is 1. The first-order valence-corrected chi connectivity index (χ1v) is 12.2. The third kappa shape index (κ3) is 4.68. The second kappa shape index (κ2) is 8.85. The molecule has 4 aromatic heterocycles. The van der Waals surface area contributed by atoms with Crippen molar-refractivity contribution in [1.82, 2.24) is 24.1 Å². The fraction of sp³-hybridized carbons (Fsp3) is 0.0833. The van der Waals surface area contributed by atoms with Crippen molar-refractivity contribution in [3.8, 4) is 22.3 Å². The van der Waals surface area contributed by atoms with Crippen LogP contribution in [-0.2, 0) is 23.2 Å². The number of imidazole rings is 1. The van der Waals surface area contributed by atoms with Gasteiger partial charge >= 0.3 is 6.18 Å². The molecule has 0 saturated carbocycles. The van der Waals surface area contributed by atoms with E-state index in [1.165, 1.54) is 35.1 Å². The number of nitrogens with zero attached hydrogens (tertiary/aromatic N) is 5. The van der Waals surface area contributed by atoms with Gasteiger partial charge in [-0.3, -0.25) is 18.8 Å². The smallest absolute Gasteiger partial charge is 0.306 e. The number of halogens is 3. The van der Waals surface area contributed by atoms with E-state index in [0.29, 0.717) is 27.9 Å². The molecular formula is C24H18F3N7O2S. The molecule has 5 rings (SSSR count). The maximum absolute atomic E-state index is 13.4. The number of pyridine rings is 2. The van der Waals surface area contributed by atoms with E-state index in [0.717, 1.165) is 18.3 Å². The number of alkyl halides is 3. The fourth-order valence-corrected chi connectivity index (χ4v) is 4.93. The second-order valence-electron chi connectivity index (χ2n) is 8.13. The van der Waals surface area contributed by atoms with Crippen LogP contribution in [-0.4, -0.2) is 38.8 Å². The van der Waals surface area contributed by atoms with Crippen molar-refractivity contribution in [1.29, 1.82) is 5.41 Å². The van der Waals surface area contributed by atoms with Gasteiger partial charge in [0, 0.05) is 43.0 Å². The van der Waals surface area contributed by atoms with Crippen LogP contribution in [0, 0.1) is 5.41 Å². The SMILES string of the molecule is Cn1cc(-c2cnc(C=N)c(NS(=O)(=O)c3cnc4ccc(-c5ccc(C(F)(F)F)cc5)cn34)c2)cn1. The highest BCUT2D eigenvalue weighted by molar-refractivity contribution is 7.92. The molecule has 0 aliphatic rings. The van der Waals surface area contributed by atoms with Crippen molar-refractivity contribution in [2.45, 2.75) is 11.2 Å². The van der Waals surface area contributed by atoms with E-state index in [-0.39, 0.29) is 16.4 Å². The minimum Gasteiger partial charge on any atom is -0.306 e. The summed E-state index contributed by atoms with van der Waals surface area (Å²) in [5.74, 6) is 0. The minimum absolute atomic E-state index is 0.0881. The van der Waals surface area contributed by atoms with E-state index >= 15 is 0 Å². The highest BCUT2D eigenvalue weighted by Gasteiger charge is 2.30. The van der Waals surface area contributed by atoms with Gasteiger partial charge < -0.3 is 5.41 Å². The summed E-state index contributed by atoms with van der Waals surface area (Å²) in [5.41, 5.74) is 2.01. The summed E-state index contributed by atoms with van der Waals surface area (Å²) in [4.78, 5) is 8.32. The standard InChI is InChI=1S/C24H18F3N7O2S/c1-33-13-18(11-31-33)17-8-20(21(9-28)29-10-17)32-37(35,36)23-12-30-22-7-4-16(14-34(22)23)15-2-5-19(6-3-15)24(25,26)27/h2-14,28,32H,1H3. The number of nitrogens with one attached hydrogen (secondary N) is 2. The summed E-state index contributed by atoms with van der Waals surface area (Å²) in [5, 5.41) is 11.5. The summed E-state index contributed by atoms with van der Waals surface area (Å²) in [6.45, 7) is 0. The Morgan fingerprint density at radius 2 is 1.65 bits per heavy atom.